The first kappa shape index (κ1) is 17.2. The molecule has 0 saturated heterocycles. The average molecular weight is 357 g/mol. The zero-order chi connectivity index (χ0) is 18.3. The van der Waals surface area contributed by atoms with E-state index in [0.717, 1.165) is 17.3 Å². The lowest BCUT2D eigenvalue weighted by molar-refractivity contribution is -0.122. The molecule has 8 nitrogen and oxygen atoms in total. The summed E-state index contributed by atoms with van der Waals surface area (Å²) < 4.78 is 4.12. The number of carbonyl (C=O) groups excluding carboxylic acids is 1. The molecule has 1 saturated carbocycles. The van der Waals surface area contributed by atoms with Crippen LogP contribution in [-0.4, -0.2) is 48.4 Å². The zero-order valence-corrected chi connectivity index (χ0v) is 15.8. The van der Waals surface area contributed by atoms with Gasteiger partial charge in [0.1, 0.15) is 17.7 Å². The predicted molar refractivity (Wildman–Crippen MR) is 97.7 cm³/mol. The molecule has 1 aliphatic heterocycles. The number of aromatic nitrogens is 5. The summed E-state index contributed by atoms with van der Waals surface area (Å²) in [6, 6.07) is 2.19. The van der Waals surface area contributed by atoms with Gasteiger partial charge in [-0.1, -0.05) is 19.3 Å². The normalized spacial score (nSPS) is 21.6. The Balaban J connectivity index is 1.47. The van der Waals surface area contributed by atoms with Crippen LogP contribution in [0.4, 0.5) is 5.82 Å². The number of amides is 1. The molecule has 0 bridgehead atoms. The SMILES string of the molecule is Cc1cc(NC(=O)C2Cn3c(C)nnc3CN2C)nn1C1CCCCC1. The third kappa shape index (κ3) is 3.13. The van der Waals surface area contributed by atoms with Gasteiger partial charge in [-0.05, 0) is 33.7 Å². The lowest BCUT2D eigenvalue weighted by Gasteiger charge is -2.31. The zero-order valence-electron chi connectivity index (χ0n) is 15.8. The number of likely N-dealkylation sites (N-methyl/N-ethyl adjacent to an activating group) is 1. The Kier molecular flexibility index (Phi) is 4.52. The van der Waals surface area contributed by atoms with Crippen LogP contribution in [0.5, 0.6) is 0 Å². The molecule has 140 valence electrons. The first-order chi connectivity index (χ1) is 12.5. The average Bonchev–Trinajstić information content (AvgIpc) is 3.17. The molecule has 1 aliphatic carbocycles. The minimum Gasteiger partial charge on any atom is -0.312 e. The molecule has 1 amide bonds. The molecule has 26 heavy (non-hydrogen) atoms. The molecule has 1 unspecified atom stereocenters. The largest absolute Gasteiger partial charge is 0.312 e. The van der Waals surface area contributed by atoms with E-state index in [2.05, 4.69) is 32.2 Å². The highest BCUT2D eigenvalue weighted by atomic mass is 16.2. The van der Waals surface area contributed by atoms with Crippen molar-refractivity contribution in [1.82, 2.24) is 29.4 Å². The van der Waals surface area contributed by atoms with E-state index in [-0.39, 0.29) is 11.9 Å². The summed E-state index contributed by atoms with van der Waals surface area (Å²) >= 11 is 0. The monoisotopic (exact) mass is 357 g/mol. The Morgan fingerprint density at radius 2 is 1.96 bits per heavy atom. The molecule has 2 aromatic rings. The van der Waals surface area contributed by atoms with Crippen LogP contribution in [0, 0.1) is 13.8 Å². The molecule has 0 spiro atoms. The minimum absolute atomic E-state index is 0.0282. The molecule has 8 heteroatoms. The number of nitrogens with zero attached hydrogens (tertiary/aromatic N) is 6. The van der Waals surface area contributed by atoms with E-state index < -0.39 is 0 Å². The van der Waals surface area contributed by atoms with Gasteiger partial charge in [-0.15, -0.1) is 10.2 Å². The molecule has 1 atom stereocenters. The van der Waals surface area contributed by atoms with Crippen LogP contribution < -0.4 is 5.32 Å². The second-order valence-electron chi connectivity index (χ2n) is 7.60. The third-order valence-electron chi connectivity index (χ3n) is 5.69. The summed E-state index contributed by atoms with van der Waals surface area (Å²) in [6.45, 7) is 5.18. The van der Waals surface area contributed by atoms with Gasteiger partial charge in [0.15, 0.2) is 5.82 Å². The molecule has 2 aromatic heterocycles. The van der Waals surface area contributed by atoms with Crippen LogP contribution in [-0.2, 0) is 17.9 Å². The molecule has 1 fully saturated rings. The van der Waals surface area contributed by atoms with Gasteiger partial charge in [0.05, 0.1) is 19.1 Å². The van der Waals surface area contributed by atoms with Crippen LogP contribution in [0.25, 0.3) is 0 Å². The van der Waals surface area contributed by atoms with Crippen LogP contribution in [0.2, 0.25) is 0 Å². The minimum atomic E-state index is -0.252. The fourth-order valence-corrected chi connectivity index (χ4v) is 4.16. The fourth-order valence-electron chi connectivity index (χ4n) is 4.16. The fraction of sp³-hybridized carbons (Fsp3) is 0.667. The van der Waals surface area contributed by atoms with Crippen LogP contribution >= 0.6 is 0 Å². The van der Waals surface area contributed by atoms with Crippen molar-refractivity contribution in [3.05, 3.63) is 23.4 Å². The summed E-state index contributed by atoms with van der Waals surface area (Å²) in [5.74, 6) is 2.38. The predicted octanol–water partition coefficient (Wildman–Crippen LogP) is 2.05. The second-order valence-corrected chi connectivity index (χ2v) is 7.60. The standard InChI is InChI=1S/C18H27N7O/c1-12-9-16(22-25(12)14-7-5-4-6-8-14)19-18(26)15-10-24-13(2)20-21-17(24)11-23(15)3/h9,14-15H,4-8,10-11H2,1-3H3,(H,19,22,26). The Morgan fingerprint density at radius 1 is 1.19 bits per heavy atom. The van der Waals surface area contributed by atoms with Crippen LogP contribution in [0.3, 0.4) is 0 Å². The maximum Gasteiger partial charge on any atom is 0.244 e. The van der Waals surface area contributed by atoms with Crippen molar-refractivity contribution in [1.29, 1.82) is 0 Å². The van der Waals surface area contributed by atoms with Crippen LogP contribution in [0.15, 0.2) is 6.07 Å². The van der Waals surface area contributed by atoms with E-state index >= 15 is 0 Å². The van der Waals surface area contributed by atoms with Crippen molar-refractivity contribution in [3.8, 4) is 0 Å². The van der Waals surface area contributed by atoms with Gasteiger partial charge in [0, 0.05) is 11.8 Å². The molecule has 2 aliphatic rings. The first-order valence-corrected chi connectivity index (χ1v) is 9.49. The van der Waals surface area contributed by atoms with E-state index in [1.807, 2.05) is 29.5 Å². The highest BCUT2D eigenvalue weighted by Crippen LogP contribution is 2.29. The Bertz CT molecular complexity index is 803. The highest BCUT2D eigenvalue weighted by Gasteiger charge is 2.31. The van der Waals surface area contributed by atoms with Crippen molar-refractivity contribution in [3.63, 3.8) is 0 Å². The van der Waals surface area contributed by atoms with Gasteiger partial charge in [0.2, 0.25) is 5.91 Å². The summed E-state index contributed by atoms with van der Waals surface area (Å²) in [6.07, 6.45) is 6.20. The quantitative estimate of drug-likeness (QED) is 0.909. The summed E-state index contributed by atoms with van der Waals surface area (Å²) in [4.78, 5) is 14.9. The van der Waals surface area contributed by atoms with Crippen LogP contribution in [0.1, 0.15) is 55.5 Å². The smallest absolute Gasteiger partial charge is 0.244 e. The summed E-state index contributed by atoms with van der Waals surface area (Å²) in [7, 11) is 1.95. The highest BCUT2D eigenvalue weighted by molar-refractivity contribution is 5.94. The molecule has 3 heterocycles. The maximum absolute atomic E-state index is 12.9. The van der Waals surface area contributed by atoms with Crippen molar-refractivity contribution in [2.24, 2.45) is 0 Å². The molecule has 0 aromatic carbocycles. The Morgan fingerprint density at radius 3 is 2.73 bits per heavy atom. The van der Waals surface area contributed by atoms with Gasteiger partial charge in [-0.3, -0.25) is 14.4 Å². The van der Waals surface area contributed by atoms with E-state index in [4.69, 9.17) is 0 Å². The summed E-state index contributed by atoms with van der Waals surface area (Å²) in [5, 5.41) is 16.0. The number of fused-ring (bicyclic) bond motifs is 1. The molecule has 0 radical (unpaired) electrons. The third-order valence-corrected chi connectivity index (χ3v) is 5.69. The number of anilines is 1. The first-order valence-electron chi connectivity index (χ1n) is 9.49. The van der Waals surface area contributed by atoms with Gasteiger partial charge < -0.3 is 9.88 Å². The second kappa shape index (κ2) is 6.83. The maximum atomic E-state index is 12.9. The number of carbonyl (C=O) groups is 1. The molecular formula is C18H27N7O. The number of aryl methyl sites for hydroxylation is 2. The molecule has 4 rings (SSSR count). The van der Waals surface area contributed by atoms with Gasteiger partial charge in [0.25, 0.3) is 0 Å². The number of nitrogens with one attached hydrogen (secondary N) is 1. The Labute approximate surface area is 153 Å². The van der Waals surface area contributed by atoms with Crippen molar-refractivity contribution >= 4 is 11.7 Å². The van der Waals surface area contributed by atoms with Crippen molar-refractivity contribution in [2.45, 2.75) is 71.1 Å². The van der Waals surface area contributed by atoms with Crippen molar-refractivity contribution in [2.75, 3.05) is 12.4 Å². The number of rotatable bonds is 3. The molecular weight excluding hydrogens is 330 g/mol. The lowest BCUT2D eigenvalue weighted by atomic mass is 9.95. The topological polar surface area (TPSA) is 80.9 Å². The van der Waals surface area contributed by atoms with Crippen molar-refractivity contribution < 1.29 is 4.79 Å². The van der Waals surface area contributed by atoms with E-state index in [9.17, 15) is 4.79 Å². The summed E-state index contributed by atoms with van der Waals surface area (Å²) in [5.41, 5.74) is 1.11. The lowest BCUT2D eigenvalue weighted by Crippen LogP contribution is -2.48. The molecule has 1 N–H and O–H groups in total. The van der Waals surface area contributed by atoms with Gasteiger partial charge >= 0.3 is 0 Å². The number of hydrogen-bond acceptors (Lipinski definition) is 5. The Hall–Kier alpha value is -2.22. The van der Waals surface area contributed by atoms with E-state index in [1.54, 1.807) is 0 Å². The van der Waals surface area contributed by atoms with Gasteiger partial charge in [-0.2, -0.15) is 5.10 Å². The van der Waals surface area contributed by atoms with Gasteiger partial charge in [-0.25, -0.2) is 0 Å². The van der Waals surface area contributed by atoms with E-state index in [1.165, 1.54) is 32.1 Å². The number of hydrogen-bond donors (Lipinski definition) is 1. The van der Waals surface area contributed by atoms with E-state index in [0.29, 0.717) is 24.9 Å².